The molecular weight excluding hydrogens is 376 g/mol. The quantitative estimate of drug-likeness (QED) is 0.612. The van der Waals surface area contributed by atoms with Crippen LogP contribution in [0.15, 0.2) is 36.1 Å². The van der Waals surface area contributed by atoms with Crippen molar-refractivity contribution in [1.29, 1.82) is 0 Å². The largest absolute Gasteiger partial charge is 0.469 e. The van der Waals surface area contributed by atoms with Crippen LogP contribution in [0.4, 0.5) is 0 Å². The van der Waals surface area contributed by atoms with Crippen molar-refractivity contribution in [3.8, 4) is 0 Å². The van der Waals surface area contributed by atoms with E-state index in [1.54, 1.807) is 0 Å². The molecule has 132 valence electrons. The van der Waals surface area contributed by atoms with Crippen LogP contribution in [0.3, 0.4) is 0 Å². The molecule has 25 heavy (non-hydrogen) atoms. The molecule has 4 nitrogen and oxygen atoms in total. The van der Waals surface area contributed by atoms with Crippen LogP contribution >= 0.6 is 34.4 Å². The Kier molecular flexibility index (Phi) is 7.04. The molecule has 0 N–H and O–H groups in total. The van der Waals surface area contributed by atoms with Crippen LogP contribution in [0, 0.1) is 0 Å². The van der Waals surface area contributed by atoms with Crippen LogP contribution in [0.25, 0.3) is 9.81 Å². The molecule has 0 fully saturated rings. The predicted molar refractivity (Wildman–Crippen MR) is 106 cm³/mol. The van der Waals surface area contributed by atoms with Gasteiger partial charge in [0.15, 0.2) is 0 Å². The molecule has 2 aromatic heterocycles. The monoisotopic (exact) mass is 394 g/mol. The Balaban J connectivity index is 2.10. The number of ether oxygens (including phenoxy) is 2. The third-order valence-electron chi connectivity index (χ3n) is 3.37. The number of hydrogen-bond donors (Lipinski definition) is 0. The van der Waals surface area contributed by atoms with Crippen molar-refractivity contribution >= 4 is 56.2 Å². The van der Waals surface area contributed by atoms with Gasteiger partial charge in [0.05, 0.1) is 27.1 Å². The Morgan fingerprint density at radius 1 is 0.920 bits per heavy atom. The fourth-order valence-electron chi connectivity index (χ4n) is 2.14. The van der Waals surface area contributed by atoms with E-state index in [0.717, 1.165) is 30.7 Å². The molecule has 0 unspecified atom stereocenters. The molecular formula is C18H18O4S3. The minimum absolute atomic E-state index is 0.216. The average Bonchev–Trinajstić information content (AvgIpc) is 3.23. The summed E-state index contributed by atoms with van der Waals surface area (Å²) in [5.41, 5.74) is 1.78. The first-order chi connectivity index (χ1) is 12.0. The second-order valence-electron chi connectivity index (χ2n) is 5.00. The Bertz CT molecular complexity index is 735. The molecule has 0 aromatic carbocycles. The molecule has 0 spiro atoms. The van der Waals surface area contributed by atoms with Crippen molar-refractivity contribution in [3.63, 3.8) is 0 Å². The van der Waals surface area contributed by atoms with E-state index < -0.39 is 0 Å². The van der Waals surface area contributed by atoms with Gasteiger partial charge in [-0.15, -0.1) is 22.7 Å². The summed E-state index contributed by atoms with van der Waals surface area (Å²) in [5, 5.41) is 3.85. The molecule has 0 atom stereocenters. The Morgan fingerprint density at radius 2 is 1.32 bits per heavy atom. The zero-order valence-corrected chi connectivity index (χ0v) is 16.4. The molecule has 0 aliphatic heterocycles. The molecule has 0 saturated carbocycles. The molecule has 2 rings (SSSR count). The fraction of sp³-hybridized carbons (Fsp3) is 0.222. The lowest BCUT2D eigenvalue weighted by Crippen LogP contribution is -2.05. The fourth-order valence-corrected chi connectivity index (χ4v) is 5.00. The first-order valence-electron chi connectivity index (χ1n) is 7.29. The molecule has 0 saturated heterocycles. The van der Waals surface area contributed by atoms with Gasteiger partial charge >= 0.3 is 11.9 Å². The van der Waals surface area contributed by atoms with E-state index in [9.17, 15) is 9.59 Å². The van der Waals surface area contributed by atoms with Gasteiger partial charge in [-0.05, 0) is 34.0 Å². The van der Waals surface area contributed by atoms with Crippen molar-refractivity contribution in [2.45, 2.75) is 12.8 Å². The van der Waals surface area contributed by atoms with Gasteiger partial charge in [-0.1, -0.05) is 24.9 Å². The molecule has 0 aliphatic rings. The van der Waals surface area contributed by atoms with Gasteiger partial charge in [0.1, 0.15) is 0 Å². The number of thioether (sulfide) groups is 1. The smallest absolute Gasteiger partial charge is 0.310 e. The Morgan fingerprint density at radius 3 is 1.68 bits per heavy atom. The standard InChI is InChI=1S/C18H18O4S3/c1-11(17-13(5-7-23-17)9-15(19)21-3)25-12(2)18-14(6-8-24-18)10-16(20)22-4/h5-8H,1-2,9-10H2,3-4H3. The summed E-state index contributed by atoms with van der Waals surface area (Å²) in [7, 11) is 2.75. The predicted octanol–water partition coefficient (Wildman–Crippen LogP) is 4.62. The summed E-state index contributed by atoms with van der Waals surface area (Å²) in [6.07, 6.45) is 0.433. The van der Waals surface area contributed by atoms with E-state index in [1.807, 2.05) is 22.9 Å². The zero-order chi connectivity index (χ0) is 18.4. The van der Waals surface area contributed by atoms with Crippen LogP contribution in [0.1, 0.15) is 20.9 Å². The van der Waals surface area contributed by atoms with E-state index in [4.69, 9.17) is 9.47 Å². The van der Waals surface area contributed by atoms with Gasteiger partial charge in [0, 0.05) is 19.6 Å². The zero-order valence-electron chi connectivity index (χ0n) is 14.0. The number of esters is 2. The normalized spacial score (nSPS) is 10.3. The summed E-state index contributed by atoms with van der Waals surface area (Å²) in [6.45, 7) is 8.24. The summed E-state index contributed by atoms with van der Waals surface area (Å²) >= 11 is 4.50. The highest BCUT2D eigenvalue weighted by molar-refractivity contribution is 8.16. The van der Waals surface area contributed by atoms with Crippen molar-refractivity contribution in [3.05, 3.63) is 56.9 Å². The lowest BCUT2D eigenvalue weighted by atomic mass is 10.2. The molecule has 0 aliphatic carbocycles. The maximum absolute atomic E-state index is 11.5. The summed E-state index contributed by atoms with van der Waals surface area (Å²) in [6, 6.07) is 3.80. The Labute approximate surface area is 159 Å². The number of methoxy groups -OCH3 is 2. The van der Waals surface area contributed by atoms with Crippen LogP contribution in [0.5, 0.6) is 0 Å². The van der Waals surface area contributed by atoms with Gasteiger partial charge in [-0.3, -0.25) is 9.59 Å². The molecule has 0 radical (unpaired) electrons. The van der Waals surface area contributed by atoms with Gasteiger partial charge in [0.25, 0.3) is 0 Å². The average molecular weight is 395 g/mol. The first-order valence-corrected chi connectivity index (χ1v) is 9.86. The molecule has 0 bridgehead atoms. The topological polar surface area (TPSA) is 52.6 Å². The van der Waals surface area contributed by atoms with Crippen molar-refractivity contribution in [2.75, 3.05) is 14.2 Å². The van der Waals surface area contributed by atoms with Crippen LogP contribution in [-0.2, 0) is 31.9 Å². The first kappa shape index (κ1) is 19.5. The van der Waals surface area contributed by atoms with Crippen molar-refractivity contribution < 1.29 is 19.1 Å². The van der Waals surface area contributed by atoms with E-state index in [-0.39, 0.29) is 24.8 Å². The maximum Gasteiger partial charge on any atom is 0.310 e. The minimum atomic E-state index is -0.283. The summed E-state index contributed by atoms with van der Waals surface area (Å²) < 4.78 is 9.46. The second kappa shape index (κ2) is 9.03. The highest BCUT2D eigenvalue weighted by Gasteiger charge is 2.17. The van der Waals surface area contributed by atoms with Gasteiger partial charge in [0.2, 0.25) is 0 Å². The van der Waals surface area contributed by atoms with Crippen molar-refractivity contribution in [1.82, 2.24) is 0 Å². The Hall–Kier alpha value is -1.83. The maximum atomic E-state index is 11.5. The van der Waals surface area contributed by atoms with E-state index in [1.165, 1.54) is 48.7 Å². The van der Waals surface area contributed by atoms with Gasteiger partial charge in [-0.25, -0.2) is 0 Å². The van der Waals surface area contributed by atoms with Gasteiger partial charge < -0.3 is 9.47 Å². The number of rotatable bonds is 8. The van der Waals surface area contributed by atoms with Crippen LogP contribution < -0.4 is 0 Å². The lowest BCUT2D eigenvalue weighted by molar-refractivity contribution is -0.140. The SMILES string of the molecule is C=C(SC(=C)c1sccc1CC(=O)OC)c1sccc1CC(=O)OC. The van der Waals surface area contributed by atoms with Crippen LogP contribution in [0.2, 0.25) is 0 Å². The van der Waals surface area contributed by atoms with E-state index in [2.05, 4.69) is 13.2 Å². The molecule has 0 amide bonds. The highest BCUT2D eigenvalue weighted by atomic mass is 32.2. The summed E-state index contributed by atoms with van der Waals surface area (Å²) in [5.74, 6) is -0.565. The van der Waals surface area contributed by atoms with Crippen LogP contribution in [-0.4, -0.2) is 26.2 Å². The number of thiophene rings is 2. The lowest BCUT2D eigenvalue weighted by Gasteiger charge is -2.09. The number of carbonyl (C=O) groups excluding carboxylic acids is 2. The third-order valence-corrected chi connectivity index (χ3v) is 6.56. The second-order valence-corrected chi connectivity index (χ2v) is 8.03. The molecule has 2 heterocycles. The third kappa shape index (κ3) is 5.07. The molecule has 7 heteroatoms. The summed E-state index contributed by atoms with van der Waals surface area (Å²) in [4.78, 5) is 26.6. The van der Waals surface area contributed by atoms with Crippen molar-refractivity contribution in [2.24, 2.45) is 0 Å². The molecule has 2 aromatic rings. The highest BCUT2D eigenvalue weighted by Crippen LogP contribution is 2.42. The number of hydrogen-bond acceptors (Lipinski definition) is 7. The van der Waals surface area contributed by atoms with E-state index >= 15 is 0 Å². The van der Waals surface area contributed by atoms with Gasteiger partial charge in [-0.2, -0.15) is 0 Å². The minimum Gasteiger partial charge on any atom is -0.469 e. The number of carbonyl (C=O) groups is 2. The van der Waals surface area contributed by atoms with E-state index in [0.29, 0.717) is 0 Å².